The molecule has 1 rings (SSSR count). The van der Waals surface area contributed by atoms with Gasteiger partial charge < -0.3 is 16.6 Å². The van der Waals surface area contributed by atoms with Crippen LogP contribution in [0.2, 0.25) is 0 Å². The molecular weight excluding hydrogens is 180 g/mol. The monoisotopic (exact) mass is 202 g/mol. The van der Waals surface area contributed by atoms with Gasteiger partial charge in [-0.3, -0.25) is 4.79 Å². The number of carboxylic acid groups (broad SMARTS) is 1. The highest BCUT2D eigenvalue weighted by Crippen LogP contribution is 2.23. The van der Waals surface area contributed by atoms with Gasteiger partial charge in [-0.1, -0.05) is 19.3 Å². The molecule has 5 N–H and O–H groups in total. The average molecular weight is 202 g/mol. The van der Waals surface area contributed by atoms with Gasteiger partial charge in [0.25, 0.3) is 0 Å². The fraction of sp³-hybridized carbons (Fsp3) is 0.900. The second-order valence-corrected chi connectivity index (χ2v) is 3.60. The molecule has 0 saturated heterocycles. The second kappa shape index (κ2) is 8.97. The minimum Gasteiger partial charge on any atom is -0.481 e. The SMILES string of the molecule is NCCCN.O=C(O)C1CCCCC1. The van der Waals surface area contributed by atoms with Crippen molar-refractivity contribution in [3.8, 4) is 0 Å². The van der Waals surface area contributed by atoms with E-state index in [9.17, 15) is 4.79 Å². The summed E-state index contributed by atoms with van der Waals surface area (Å²) in [5, 5.41) is 8.54. The van der Waals surface area contributed by atoms with Crippen molar-refractivity contribution >= 4 is 5.97 Å². The van der Waals surface area contributed by atoms with Crippen LogP contribution in [0.15, 0.2) is 0 Å². The first-order valence-corrected chi connectivity index (χ1v) is 5.35. The molecule has 0 aromatic rings. The van der Waals surface area contributed by atoms with Gasteiger partial charge in [0.15, 0.2) is 0 Å². The van der Waals surface area contributed by atoms with Crippen molar-refractivity contribution in [1.29, 1.82) is 0 Å². The lowest BCUT2D eigenvalue weighted by Crippen LogP contribution is -2.16. The maximum atomic E-state index is 10.4. The molecule has 1 fully saturated rings. The number of hydrogen-bond donors (Lipinski definition) is 3. The third-order valence-corrected chi connectivity index (χ3v) is 2.36. The highest BCUT2D eigenvalue weighted by Gasteiger charge is 2.19. The summed E-state index contributed by atoms with van der Waals surface area (Å²) in [6.45, 7) is 1.44. The third-order valence-electron chi connectivity index (χ3n) is 2.36. The van der Waals surface area contributed by atoms with E-state index in [1.165, 1.54) is 6.42 Å². The Bertz CT molecular complexity index is 143. The molecule has 84 valence electrons. The first-order valence-electron chi connectivity index (χ1n) is 5.35. The Morgan fingerprint density at radius 1 is 1.14 bits per heavy atom. The zero-order valence-corrected chi connectivity index (χ0v) is 8.74. The van der Waals surface area contributed by atoms with Crippen LogP contribution < -0.4 is 11.5 Å². The van der Waals surface area contributed by atoms with E-state index in [-0.39, 0.29) is 5.92 Å². The summed E-state index contributed by atoms with van der Waals surface area (Å²) in [6.07, 6.45) is 6.18. The van der Waals surface area contributed by atoms with Crippen LogP contribution in [-0.4, -0.2) is 24.2 Å². The molecule has 0 unspecified atom stereocenters. The van der Waals surface area contributed by atoms with Crippen LogP contribution in [0.1, 0.15) is 38.5 Å². The van der Waals surface area contributed by atoms with Crippen molar-refractivity contribution in [3.63, 3.8) is 0 Å². The van der Waals surface area contributed by atoms with Gasteiger partial charge in [-0.2, -0.15) is 0 Å². The van der Waals surface area contributed by atoms with E-state index in [1.807, 2.05) is 0 Å². The van der Waals surface area contributed by atoms with Gasteiger partial charge >= 0.3 is 5.97 Å². The first kappa shape index (κ1) is 13.4. The molecule has 4 heteroatoms. The fourth-order valence-corrected chi connectivity index (χ4v) is 1.47. The van der Waals surface area contributed by atoms with Crippen molar-refractivity contribution in [2.24, 2.45) is 17.4 Å². The number of carbonyl (C=O) groups is 1. The Kier molecular flexibility index (Phi) is 8.57. The Labute approximate surface area is 85.7 Å². The van der Waals surface area contributed by atoms with Crippen LogP contribution in [0.25, 0.3) is 0 Å². The van der Waals surface area contributed by atoms with Gasteiger partial charge in [0, 0.05) is 0 Å². The van der Waals surface area contributed by atoms with Gasteiger partial charge in [-0.15, -0.1) is 0 Å². The molecule has 0 amide bonds. The lowest BCUT2D eigenvalue weighted by atomic mass is 9.90. The number of aliphatic carboxylic acids is 1. The zero-order chi connectivity index (χ0) is 10.8. The van der Waals surface area contributed by atoms with Gasteiger partial charge in [0.1, 0.15) is 0 Å². The standard InChI is InChI=1S/C7H12O2.C3H10N2/c8-7(9)6-4-2-1-3-5-6;4-2-1-3-5/h6H,1-5H2,(H,8,9);1-5H2. The van der Waals surface area contributed by atoms with Crippen LogP contribution in [0.4, 0.5) is 0 Å². The zero-order valence-electron chi connectivity index (χ0n) is 8.74. The molecule has 0 aliphatic heterocycles. The smallest absolute Gasteiger partial charge is 0.306 e. The largest absolute Gasteiger partial charge is 0.481 e. The molecule has 0 bridgehead atoms. The molecule has 0 aromatic heterocycles. The van der Waals surface area contributed by atoms with Crippen LogP contribution in [0.5, 0.6) is 0 Å². The molecule has 1 saturated carbocycles. The summed E-state index contributed by atoms with van der Waals surface area (Å²) in [5.74, 6) is -0.631. The summed E-state index contributed by atoms with van der Waals surface area (Å²) in [5.41, 5.74) is 10.1. The molecule has 14 heavy (non-hydrogen) atoms. The summed E-state index contributed by atoms with van der Waals surface area (Å²) < 4.78 is 0. The van der Waals surface area contributed by atoms with Crippen LogP contribution >= 0.6 is 0 Å². The van der Waals surface area contributed by atoms with E-state index < -0.39 is 5.97 Å². The molecule has 0 radical (unpaired) electrons. The normalized spacial score (nSPS) is 17.0. The second-order valence-electron chi connectivity index (χ2n) is 3.60. The number of rotatable bonds is 3. The Morgan fingerprint density at radius 3 is 1.86 bits per heavy atom. The summed E-state index contributed by atoms with van der Waals surface area (Å²) in [7, 11) is 0. The van der Waals surface area contributed by atoms with E-state index in [0.717, 1.165) is 45.2 Å². The van der Waals surface area contributed by atoms with Crippen molar-refractivity contribution in [1.82, 2.24) is 0 Å². The van der Waals surface area contributed by atoms with E-state index >= 15 is 0 Å². The van der Waals surface area contributed by atoms with Crippen molar-refractivity contribution in [2.75, 3.05) is 13.1 Å². The van der Waals surface area contributed by atoms with Crippen LogP contribution in [-0.2, 0) is 4.79 Å². The molecule has 1 aliphatic carbocycles. The lowest BCUT2D eigenvalue weighted by molar-refractivity contribution is -0.142. The molecule has 0 aromatic carbocycles. The van der Waals surface area contributed by atoms with Gasteiger partial charge in [-0.25, -0.2) is 0 Å². The predicted molar refractivity (Wildman–Crippen MR) is 56.9 cm³/mol. The van der Waals surface area contributed by atoms with E-state index in [2.05, 4.69) is 0 Å². The van der Waals surface area contributed by atoms with Crippen LogP contribution in [0.3, 0.4) is 0 Å². The minimum atomic E-state index is -0.602. The molecule has 4 nitrogen and oxygen atoms in total. The van der Waals surface area contributed by atoms with E-state index in [4.69, 9.17) is 16.6 Å². The van der Waals surface area contributed by atoms with E-state index in [1.54, 1.807) is 0 Å². The summed E-state index contributed by atoms with van der Waals surface area (Å²) in [4.78, 5) is 10.4. The molecule has 1 aliphatic rings. The fourth-order valence-electron chi connectivity index (χ4n) is 1.47. The highest BCUT2D eigenvalue weighted by atomic mass is 16.4. The molecule has 0 heterocycles. The minimum absolute atomic E-state index is 0.0289. The number of hydrogen-bond acceptors (Lipinski definition) is 3. The lowest BCUT2D eigenvalue weighted by Gasteiger charge is -2.16. The van der Waals surface area contributed by atoms with Gasteiger partial charge in [0.2, 0.25) is 0 Å². The van der Waals surface area contributed by atoms with Crippen molar-refractivity contribution < 1.29 is 9.90 Å². The predicted octanol–water partition coefficient (Wildman–Crippen LogP) is 0.945. The molecule has 0 atom stereocenters. The quantitative estimate of drug-likeness (QED) is 0.635. The summed E-state index contributed by atoms with van der Waals surface area (Å²) in [6, 6.07) is 0. The topological polar surface area (TPSA) is 89.3 Å². The van der Waals surface area contributed by atoms with Crippen molar-refractivity contribution in [2.45, 2.75) is 38.5 Å². The highest BCUT2D eigenvalue weighted by molar-refractivity contribution is 5.69. The number of carboxylic acids is 1. The Balaban J connectivity index is 0.000000292. The van der Waals surface area contributed by atoms with Gasteiger partial charge in [0.05, 0.1) is 5.92 Å². The first-order chi connectivity index (χ1) is 6.72. The molecule has 0 spiro atoms. The average Bonchev–Trinajstić information content (AvgIpc) is 2.21. The Hall–Kier alpha value is -0.610. The maximum absolute atomic E-state index is 10.4. The maximum Gasteiger partial charge on any atom is 0.306 e. The summed E-state index contributed by atoms with van der Waals surface area (Å²) >= 11 is 0. The van der Waals surface area contributed by atoms with Crippen molar-refractivity contribution in [3.05, 3.63) is 0 Å². The van der Waals surface area contributed by atoms with Crippen LogP contribution in [0, 0.1) is 5.92 Å². The number of nitrogens with two attached hydrogens (primary N) is 2. The van der Waals surface area contributed by atoms with E-state index in [0.29, 0.717) is 0 Å². The van der Waals surface area contributed by atoms with Gasteiger partial charge in [-0.05, 0) is 32.4 Å². The Morgan fingerprint density at radius 2 is 1.64 bits per heavy atom. The third kappa shape index (κ3) is 6.86. The molecular formula is C10H22N2O2.